The van der Waals surface area contributed by atoms with Crippen molar-refractivity contribution < 1.29 is 9.59 Å². The molecule has 1 aliphatic rings. The number of nitrogens with one attached hydrogen (secondary N) is 1. The van der Waals surface area contributed by atoms with E-state index in [0.29, 0.717) is 36.5 Å². The Morgan fingerprint density at radius 3 is 2.70 bits per heavy atom. The number of carbonyl (C=O) groups is 2. The number of carbonyl (C=O) groups excluding carboxylic acids is 2. The summed E-state index contributed by atoms with van der Waals surface area (Å²) in [4.78, 5) is 32.7. The molecule has 2 amide bonds. The zero-order chi connectivity index (χ0) is 23.5. The van der Waals surface area contributed by atoms with Crippen LogP contribution in [0.2, 0.25) is 0 Å². The Kier molecular flexibility index (Phi) is 6.61. The average molecular weight is 462 g/mol. The van der Waals surface area contributed by atoms with Gasteiger partial charge in [0.25, 0.3) is 0 Å². The van der Waals surface area contributed by atoms with Crippen molar-refractivity contribution in [3.05, 3.63) is 69.6 Å². The molecular weight excluding hydrogens is 434 g/mol. The van der Waals surface area contributed by atoms with Crippen molar-refractivity contribution in [1.29, 1.82) is 5.26 Å². The highest BCUT2D eigenvalue weighted by Gasteiger charge is 2.28. The van der Waals surface area contributed by atoms with E-state index in [-0.39, 0.29) is 24.3 Å². The molecule has 33 heavy (non-hydrogen) atoms. The van der Waals surface area contributed by atoms with Crippen LogP contribution in [-0.4, -0.2) is 32.8 Å². The molecule has 3 heterocycles. The lowest BCUT2D eigenvalue weighted by Gasteiger charge is -2.27. The molecule has 170 valence electrons. The number of nitriles is 1. The van der Waals surface area contributed by atoms with Gasteiger partial charge in [-0.1, -0.05) is 37.3 Å². The number of amides is 2. The van der Waals surface area contributed by atoms with E-state index < -0.39 is 0 Å². The van der Waals surface area contributed by atoms with Crippen molar-refractivity contribution in [1.82, 2.24) is 14.5 Å². The summed E-state index contributed by atoms with van der Waals surface area (Å²) in [5.74, 6) is 0.807. The monoisotopic (exact) mass is 461 g/mol. The lowest BCUT2D eigenvalue weighted by molar-refractivity contribution is -0.132. The van der Waals surface area contributed by atoms with Gasteiger partial charge in [-0.3, -0.25) is 9.59 Å². The highest BCUT2D eigenvalue weighted by atomic mass is 32.1. The van der Waals surface area contributed by atoms with Crippen LogP contribution in [0.5, 0.6) is 0 Å². The molecule has 1 unspecified atom stereocenters. The fourth-order valence-electron chi connectivity index (χ4n) is 4.25. The number of fused-ring (bicyclic) bond motifs is 1. The molecule has 0 saturated heterocycles. The van der Waals surface area contributed by atoms with Gasteiger partial charge in [-0.15, -0.1) is 11.3 Å². The Hall–Kier alpha value is -3.44. The van der Waals surface area contributed by atoms with Crippen LogP contribution >= 0.6 is 11.3 Å². The smallest absolute Gasteiger partial charge is 0.242 e. The minimum absolute atomic E-state index is 0.0235. The molecule has 1 aromatic carbocycles. The number of imidazole rings is 1. The summed E-state index contributed by atoms with van der Waals surface area (Å²) >= 11 is 1.41. The summed E-state index contributed by atoms with van der Waals surface area (Å²) in [6, 6.07) is 12.2. The van der Waals surface area contributed by atoms with E-state index in [1.807, 2.05) is 66.8 Å². The number of benzene rings is 1. The van der Waals surface area contributed by atoms with E-state index in [1.54, 1.807) is 0 Å². The number of aryl methyl sites for hydroxylation is 2. The van der Waals surface area contributed by atoms with Gasteiger partial charge in [0.15, 0.2) is 0 Å². The van der Waals surface area contributed by atoms with Gasteiger partial charge in [0, 0.05) is 24.0 Å². The third kappa shape index (κ3) is 4.99. The summed E-state index contributed by atoms with van der Waals surface area (Å²) in [7, 11) is 0. The van der Waals surface area contributed by atoms with Crippen LogP contribution in [0.15, 0.2) is 36.5 Å². The number of hydrogen-bond donors (Lipinski definition) is 1. The van der Waals surface area contributed by atoms with Crippen molar-refractivity contribution in [3.63, 3.8) is 0 Å². The van der Waals surface area contributed by atoms with Crippen molar-refractivity contribution in [2.45, 2.75) is 52.6 Å². The number of rotatable bonds is 6. The second kappa shape index (κ2) is 9.59. The Morgan fingerprint density at radius 2 is 2.03 bits per heavy atom. The molecule has 7 nitrogen and oxygen atoms in total. The molecule has 0 aliphatic carbocycles. The molecule has 0 radical (unpaired) electrons. The fraction of sp³-hybridized carbons (Fsp3) is 0.360. The van der Waals surface area contributed by atoms with Crippen LogP contribution in [-0.2, 0) is 29.1 Å². The van der Waals surface area contributed by atoms with E-state index in [4.69, 9.17) is 0 Å². The maximum atomic E-state index is 12.9. The summed E-state index contributed by atoms with van der Waals surface area (Å²) < 4.78 is 1.86. The largest absolute Gasteiger partial charge is 0.336 e. The van der Waals surface area contributed by atoms with Crippen molar-refractivity contribution in [3.8, 4) is 6.07 Å². The maximum Gasteiger partial charge on any atom is 0.242 e. The van der Waals surface area contributed by atoms with E-state index in [2.05, 4.69) is 16.4 Å². The summed E-state index contributed by atoms with van der Waals surface area (Å²) in [6.07, 6.45) is 2.83. The Morgan fingerprint density at radius 1 is 1.27 bits per heavy atom. The molecule has 0 saturated carbocycles. The zero-order valence-corrected chi connectivity index (χ0v) is 19.9. The van der Waals surface area contributed by atoms with Crippen molar-refractivity contribution >= 4 is 28.2 Å². The number of aromatic nitrogens is 2. The summed E-state index contributed by atoms with van der Waals surface area (Å²) in [5.41, 5.74) is 3.48. The third-order valence-corrected chi connectivity index (χ3v) is 7.17. The average Bonchev–Trinajstić information content (AvgIpc) is 3.30. The number of nitrogens with zero attached hydrogens (tertiary/aromatic N) is 4. The summed E-state index contributed by atoms with van der Waals surface area (Å²) in [6.45, 7) is 7.08. The molecule has 0 bridgehead atoms. The Labute approximate surface area is 197 Å². The lowest BCUT2D eigenvalue weighted by Crippen LogP contribution is -2.37. The van der Waals surface area contributed by atoms with Gasteiger partial charge >= 0.3 is 0 Å². The highest BCUT2D eigenvalue weighted by molar-refractivity contribution is 7.16. The predicted octanol–water partition coefficient (Wildman–Crippen LogP) is 4.15. The van der Waals surface area contributed by atoms with Crippen molar-refractivity contribution in [2.24, 2.45) is 0 Å². The van der Waals surface area contributed by atoms with E-state index in [0.717, 1.165) is 27.5 Å². The van der Waals surface area contributed by atoms with Crippen LogP contribution in [0.4, 0.5) is 5.00 Å². The number of anilines is 1. The Balaban J connectivity index is 1.44. The van der Waals surface area contributed by atoms with Gasteiger partial charge in [-0.25, -0.2) is 4.98 Å². The molecule has 4 rings (SSSR count). The SMILES string of the molecule is Cc1cn(CC(=O)N2CCc3c(sc(NC(=O)CC(C)c4ccccc4)c3C#N)C2)c(C)n1. The van der Waals surface area contributed by atoms with Gasteiger partial charge in [-0.2, -0.15) is 5.26 Å². The predicted molar refractivity (Wildman–Crippen MR) is 128 cm³/mol. The van der Waals surface area contributed by atoms with Crippen LogP contribution in [0, 0.1) is 25.2 Å². The van der Waals surface area contributed by atoms with Crippen LogP contribution in [0.1, 0.15) is 52.3 Å². The third-order valence-electron chi connectivity index (χ3n) is 6.04. The van der Waals surface area contributed by atoms with Gasteiger partial charge in [0.2, 0.25) is 11.8 Å². The van der Waals surface area contributed by atoms with E-state index in [1.165, 1.54) is 11.3 Å². The topological polar surface area (TPSA) is 91.0 Å². The molecule has 3 aromatic rings. The second-order valence-electron chi connectivity index (χ2n) is 8.51. The van der Waals surface area contributed by atoms with E-state index >= 15 is 0 Å². The fourth-order valence-corrected chi connectivity index (χ4v) is 5.48. The standard InChI is InChI=1S/C25H27N5O2S/c1-16(19-7-5-4-6-8-19)11-23(31)28-25-21(12-26)20-9-10-29(14-22(20)33-25)24(32)15-30-13-17(2)27-18(30)3/h4-8,13,16H,9-11,14-15H2,1-3H3,(H,28,31). The summed E-state index contributed by atoms with van der Waals surface area (Å²) in [5, 5.41) is 13.3. The van der Waals surface area contributed by atoms with Gasteiger partial charge < -0.3 is 14.8 Å². The first-order valence-electron chi connectivity index (χ1n) is 11.0. The number of thiophene rings is 1. The van der Waals surface area contributed by atoms with Crippen molar-refractivity contribution in [2.75, 3.05) is 11.9 Å². The maximum absolute atomic E-state index is 12.9. The first-order valence-corrected chi connectivity index (χ1v) is 11.8. The number of hydrogen-bond acceptors (Lipinski definition) is 5. The second-order valence-corrected chi connectivity index (χ2v) is 9.61. The van der Waals surface area contributed by atoms with Gasteiger partial charge in [-0.05, 0) is 37.3 Å². The lowest BCUT2D eigenvalue weighted by atomic mass is 9.97. The van der Waals surface area contributed by atoms with E-state index in [9.17, 15) is 14.9 Å². The molecular formula is C25H27N5O2S. The molecule has 0 spiro atoms. The molecule has 1 atom stereocenters. The van der Waals surface area contributed by atoms with Crippen LogP contribution in [0.3, 0.4) is 0 Å². The quantitative estimate of drug-likeness (QED) is 0.597. The molecule has 1 aliphatic heterocycles. The van der Waals surface area contributed by atoms with Gasteiger partial charge in [0.05, 0.1) is 17.8 Å². The van der Waals surface area contributed by atoms with Gasteiger partial charge in [0.1, 0.15) is 23.4 Å². The first kappa shape index (κ1) is 22.7. The minimum Gasteiger partial charge on any atom is -0.336 e. The Bertz CT molecular complexity index is 1220. The van der Waals surface area contributed by atoms with Crippen LogP contribution in [0.25, 0.3) is 0 Å². The minimum atomic E-state index is -0.111. The molecule has 2 aromatic heterocycles. The zero-order valence-electron chi connectivity index (χ0n) is 19.1. The normalized spacial score (nSPS) is 13.8. The molecule has 0 fully saturated rings. The highest BCUT2D eigenvalue weighted by Crippen LogP contribution is 2.37. The first-order chi connectivity index (χ1) is 15.9. The van der Waals surface area contributed by atoms with Crippen LogP contribution < -0.4 is 5.32 Å². The molecule has 1 N–H and O–H groups in total. The molecule has 8 heteroatoms.